The minimum Gasteiger partial charge on any atom is -0.421 e. The van der Waals surface area contributed by atoms with Gasteiger partial charge >= 0.3 is 0 Å². The van der Waals surface area contributed by atoms with Crippen LogP contribution in [0.25, 0.3) is 22.4 Å². The van der Waals surface area contributed by atoms with Crippen LogP contribution >= 0.6 is 0 Å². The van der Waals surface area contributed by atoms with Gasteiger partial charge in [-0.3, -0.25) is 24.8 Å². The number of carbonyl (C=O) groups is 2. The van der Waals surface area contributed by atoms with E-state index in [-0.39, 0.29) is 11.8 Å². The van der Waals surface area contributed by atoms with Crippen LogP contribution in [0.4, 0.5) is 0 Å². The first-order valence-electron chi connectivity index (χ1n) is 13.7. The Labute approximate surface area is 232 Å². The second-order valence-electron chi connectivity index (χ2n) is 11.7. The van der Waals surface area contributed by atoms with Crippen molar-refractivity contribution in [2.75, 3.05) is 13.1 Å². The number of fused-ring (bicyclic) bond motifs is 1. The number of likely N-dealkylation sites (tertiary alicyclic amines) is 1. The summed E-state index contributed by atoms with van der Waals surface area (Å²) in [7, 11) is 0. The van der Waals surface area contributed by atoms with E-state index >= 15 is 0 Å². The SMILES string of the molecule is Cc1nnc(-c2ccc(CN3CCC(O)(c4ccc5ncc(C6CCC(=O)NC6=O)cc5c4)C(C)(C)C3)cc2)o1. The Kier molecular flexibility index (Phi) is 6.51. The van der Waals surface area contributed by atoms with Crippen LogP contribution in [0.2, 0.25) is 0 Å². The highest BCUT2D eigenvalue weighted by Gasteiger charge is 2.48. The lowest BCUT2D eigenvalue weighted by Gasteiger charge is -2.50. The van der Waals surface area contributed by atoms with Gasteiger partial charge in [-0.25, -0.2) is 0 Å². The maximum Gasteiger partial charge on any atom is 0.247 e. The third kappa shape index (κ3) is 4.80. The van der Waals surface area contributed by atoms with Crippen LogP contribution in [0.3, 0.4) is 0 Å². The van der Waals surface area contributed by atoms with Gasteiger partial charge in [0.25, 0.3) is 0 Å². The first-order chi connectivity index (χ1) is 19.1. The van der Waals surface area contributed by atoms with Gasteiger partial charge in [-0.1, -0.05) is 32.0 Å². The summed E-state index contributed by atoms with van der Waals surface area (Å²) < 4.78 is 5.53. The number of amides is 2. The van der Waals surface area contributed by atoms with Gasteiger partial charge in [-0.05, 0) is 59.9 Å². The fourth-order valence-corrected chi connectivity index (χ4v) is 6.13. The van der Waals surface area contributed by atoms with Crippen molar-refractivity contribution in [1.29, 1.82) is 0 Å². The Hall–Kier alpha value is -3.95. The normalized spacial score (nSPS) is 23.4. The van der Waals surface area contributed by atoms with E-state index in [1.807, 2.05) is 36.4 Å². The van der Waals surface area contributed by atoms with Crippen LogP contribution in [0.1, 0.15) is 61.6 Å². The lowest BCUT2D eigenvalue weighted by molar-refractivity contribution is -0.134. The molecular weight excluding hydrogens is 506 g/mol. The maximum absolute atomic E-state index is 12.4. The number of nitrogens with one attached hydrogen (secondary N) is 1. The van der Waals surface area contributed by atoms with E-state index in [1.165, 1.54) is 5.56 Å². The van der Waals surface area contributed by atoms with Crippen molar-refractivity contribution in [1.82, 2.24) is 25.4 Å². The first kappa shape index (κ1) is 26.3. The molecule has 2 aliphatic rings. The van der Waals surface area contributed by atoms with Crippen LogP contribution in [0.5, 0.6) is 0 Å². The summed E-state index contributed by atoms with van der Waals surface area (Å²) in [5.41, 5.74) is 3.07. The van der Waals surface area contributed by atoms with Gasteiger partial charge in [-0.2, -0.15) is 0 Å². The van der Waals surface area contributed by atoms with E-state index in [9.17, 15) is 14.7 Å². The van der Waals surface area contributed by atoms with Gasteiger partial charge < -0.3 is 9.52 Å². The zero-order chi connectivity index (χ0) is 28.1. The standard InChI is InChI=1S/C31H33N5O4/c1-19-34-35-29(40-19)21-6-4-20(5-7-21)17-36-13-12-31(39,30(2,3)18-36)24-8-10-26-22(15-24)14-23(16-32-26)25-9-11-27(37)33-28(25)38/h4-8,10,14-16,25,39H,9,11-13,17-18H2,1-3H3,(H,33,37,38). The molecule has 0 bridgehead atoms. The quantitative estimate of drug-likeness (QED) is 0.362. The number of aliphatic hydroxyl groups is 1. The molecule has 2 atom stereocenters. The monoisotopic (exact) mass is 539 g/mol. The van der Waals surface area contributed by atoms with Crippen molar-refractivity contribution in [3.63, 3.8) is 0 Å². The van der Waals surface area contributed by atoms with Gasteiger partial charge in [0, 0.05) is 55.5 Å². The molecule has 9 nitrogen and oxygen atoms in total. The molecule has 2 unspecified atom stereocenters. The molecule has 4 aromatic rings. The summed E-state index contributed by atoms with van der Waals surface area (Å²) in [6.07, 6.45) is 3.10. The Balaban J connectivity index is 1.19. The van der Waals surface area contributed by atoms with Crippen LogP contribution in [0.15, 0.2) is 59.1 Å². The lowest BCUT2D eigenvalue weighted by Crippen LogP contribution is -2.55. The van der Waals surface area contributed by atoms with Crippen molar-refractivity contribution in [2.45, 2.75) is 58.1 Å². The van der Waals surface area contributed by atoms with Crippen LogP contribution in [-0.2, 0) is 21.7 Å². The molecule has 6 rings (SSSR count). The van der Waals surface area contributed by atoms with Gasteiger partial charge in [0.05, 0.1) is 17.0 Å². The number of carbonyl (C=O) groups excluding carboxylic acids is 2. The van der Waals surface area contributed by atoms with Crippen molar-refractivity contribution >= 4 is 22.7 Å². The molecule has 2 aliphatic heterocycles. The molecule has 2 fully saturated rings. The smallest absolute Gasteiger partial charge is 0.247 e. The molecule has 206 valence electrons. The van der Waals surface area contributed by atoms with Gasteiger partial charge in [0.15, 0.2) is 0 Å². The molecule has 2 N–H and O–H groups in total. The first-order valence-corrected chi connectivity index (χ1v) is 13.7. The van der Waals surface area contributed by atoms with E-state index in [2.05, 4.69) is 51.4 Å². The number of benzene rings is 2. The summed E-state index contributed by atoms with van der Waals surface area (Å²) in [4.78, 5) is 31.0. The zero-order valence-electron chi connectivity index (χ0n) is 23.0. The van der Waals surface area contributed by atoms with Crippen molar-refractivity contribution < 1.29 is 19.1 Å². The van der Waals surface area contributed by atoms with E-state index < -0.39 is 16.9 Å². The fourth-order valence-electron chi connectivity index (χ4n) is 6.13. The number of imide groups is 1. The highest BCUT2D eigenvalue weighted by atomic mass is 16.4. The third-order valence-electron chi connectivity index (χ3n) is 8.48. The lowest BCUT2D eigenvalue weighted by atomic mass is 9.66. The molecule has 0 radical (unpaired) electrons. The highest BCUT2D eigenvalue weighted by Crippen LogP contribution is 2.47. The highest BCUT2D eigenvalue weighted by molar-refractivity contribution is 6.01. The molecule has 0 aliphatic carbocycles. The molecule has 2 aromatic heterocycles. The molecule has 0 saturated carbocycles. The van der Waals surface area contributed by atoms with Crippen LogP contribution in [-0.4, -0.2) is 50.1 Å². The van der Waals surface area contributed by atoms with Crippen molar-refractivity contribution in [3.8, 4) is 11.5 Å². The Morgan fingerprint density at radius 1 is 1.10 bits per heavy atom. The number of hydrogen-bond donors (Lipinski definition) is 2. The van der Waals surface area contributed by atoms with E-state index in [1.54, 1.807) is 13.1 Å². The van der Waals surface area contributed by atoms with Crippen LogP contribution < -0.4 is 5.32 Å². The Morgan fingerprint density at radius 2 is 1.90 bits per heavy atom. The maximum atomic E-state index is 12.4. The van der Waals surface area contributed by atoms with Crippen LogP contribution in [0, 0.1) is 12.3 Å². The minimum atomic E-state index is -1.03. The van der Waals surface area contributed by atoms with E-state index in [0.717, 1.165) is 47.2 Å². The molecule has 40 heavy (non-hydrogen) atoms. The Bertz CT molecular complexity index is 1600. The average molecular weight is 540 g/mol. The molecule has 2 amide bonds. The minimum absolute atomic E-state index is 0.233. The number of hydrogen-bond acceptors (Lipinski definition) is 8. The number of aryl methyl sites for hydroxylation is 1. The van der Waals surface area contributed by atoms with Gasteiger partial charge in [0.1, 0.15) is 0 Å². The van der Waals surface area contributed by atoms with Gasteiger partial charge in [0.2, 0.25) is 23.6 Å². The summed E-state index contributed by atoms with van der Waals surface area (Å²) in [5, 5.41) is 23.4. The second-order valence-corrected chi connectivity index (χ2v) is 11.7. The topological polar surface area (TPSA) is 121 Å². The third-order valence-corrected chi connectivity index (χ3v) is 8.48. The zero-order valence-corrected chi connectivity index (χ0v) is 23.0. The molecule has 0 spiro atoms. The number of nitrogens with zero attached hydrogens (tertiary/aromatic N) is 4. The van der Waals surface area contributed by atoms with Crippen molar-refractivity contribution in [2.24, 2.45) is 5.41 Å². The summed E-state index contributed by atoms with van der Waals surface area (Å²) >= 11 is 0. The molecular formula is C31H33N5O4. The molecule has 2 saturated heterocycles. The predicted molar refractivity (Wildman–Crippen MR) is 149 cm³/mol. The van der Waals surface area contributed by atoms with E-state index in [4.69, 9.17) is 4.42 Å². The molecule has 9 heteroatoms. The summed E-state index contributed by atoms with van der Waals surface area (Å²) in [6, 6.07) is 16.0. The number of pyridine rings is 1. The predicted octanol–water partition coefficient (Wildman–Crippen LogP) is 4.23. The molecule has 4 heterocycles. The second kappa shape index (κ2) is 9.91. The fraction of sp³-hybridized carbons (Fsp3) is 0.387. The largest absolute Gasteiger partial charge is 0.421 e. The summed E-state index contributed by atoms with van der Waals surface area (Å²) in [6.45, 7) is 8.25. The van der Waals surface area contributed by atoms with Crippen molar-refractivity contribution in [3.05, 3.63) is 77.3 Å². The average Bonchev–Trinajstić information content (AvgIpc) is 3.36. The Morgan fingerprint density at radius 3 is 2.60 bits per heavy atom. The number of piperidine rings is 2. The van der Waals surface area contributed by atoms with E-state index in [0.29, 0.717) is 31.0 Å². The number of rotatable bonds is 5. The number of aromatic nitrogens is 3. The summed E-state index contributed by atoms with van der Waals surface area (Å²) in [5.74, 6) is 0.151. The van der Waals surface area contributed by atoms with Gasteiger partial charge in [-0.15, -0.1) is 10.2 Å². The molecule has 2 aromatic carbocycles.